The number of amides is 2. The summed E-state index contributed by atoms with van der Waals surface area (Å²) in [6, 6.07) is 9.24. The van der Waals surface area contributed by atoms with E-state index in [0.29, 0.717) is 35.2 Å². The van der Waals surface area contributed by atoms with Crippen molar-refractivity contribution in [2.45, 2.75) is 25.7 Å². The zero-order valence-corrected chi connectivity index (χ0v) is 18.5. The second-order valence-corrected chi connectivity index (χ2v) is 8.98. The Morgan fingerprint density at radius 1 is 1.10 bits per heavy atom. The van der Waals surface area contributed by atoms with Gasteiger partial charge in [-0.2, -0.15) is 0 Å². The Bertz CT molecular complexity index is 801. The van der Waals surface area contributed by atoms with E-state index < -0.39 is 0 Å². The predicted molar refractivity (Wildman–Crippen MR) is 120 cm³/mol. The van der Waals surface area contributed by atoms with Crippen molar-refractivity contribution in [1.82, 2.24) is 10.2 Å². The summed E-state index contributed by atoms with van der Waals surface area (Å²) in [4.78, 5) is 28.1. The monoisotopic (exact) mass is 453 g/mol. The van der Waals surface area contributed by atoms with Crippen LogP contribution in [-0.2, 0) is 16.0 Å². The minimum absolute atomic E-state index is 0.0605. The molecule has 0 unspecified atom stereocenters. The number of carbonyl (C=O) groups is 2. The number of para-hydroxylation sites is 1. The van der Waals surface area contributed by atoms with Gasteiger partial charge in [-0.3, -0.25) is 9.59 Å². The second kappa shape index (κ2) is 11.0. The highest BCUT2D eigenvalue weighted by atomic mass is 35.5. The SMILES string of the molecule is O=C(CCN1CCC(C(=O)NCCc2cccs2)CC1)Nc1c(Cl)cccc1Cl. The lowest BCUT2D eigenvalue weighted by molar-refractivity contribution is -0.126. The van der Waals surface area contributed by atoms with Crippen LogP contribution in [0.1, 0.15) is 24.1 Å². The molecule has 8 heteroatoms. The van der Waals surface area contributed by atoms with E-state index >= 15 is 0 Å². The first-order valence-corrected chi connectivity index (χ1v) is 11.4. The van der Waals surface area contributed by atoms with Crippen LogP contribution < -0.4 is 10.6 Å². The van der Waals surface area contributed by atoms with Crippen LogP contribution in [0.15, 0.2) is 35.7 Å². The normalized spacial score (nSPS) is 15.2. The highest BCUT2D eigenvalue weighted by molar-refractivity contribution is 7.09. The number of thiophene rings is 1. The summed E-state index contributed by atoms with van der Waals surface area (Å²) in [5.74, 6) is 0.0890. The molecule has 2 heterocycles. The number of anilines is 1. The van der Waals surface area contributed by atoms with Crippen LogP contribution in [0.5, 0.6) is 0 Å². The molecule has 2 aromatic rings. The fourth-order valence-electron chi connectivity index (χ4n) is 3.41. The summed E-state index contributed by atoms with van der Waals surface area (Å²) < 4.78 is 0. The molecule has 1 aliphatic rings. The summed E-state index contributed by atoms with van der Waals surface area (Å²) in [5.41, 5.74) is 0.457. The van der Waals surface area contributed by atoms with E-state index in [-0.39, 0.29) is 17.7 Å². The van der Waals surface area contributed by atoms with Gasteiger partial charge in [-0.15, -0.1) is 11.3 Å². The minimum atomic E-state index is -0.117. The smallest absolute Gasteiger partial charge is 0.225 e. The number of nitrogens with one attached hydrogen (secondary N) is 2. The Morgan fingerprint density at radius 2 is 1.83 bits per heavy atom. The van der Waals surface area contributed by atoms with E-state index in [2.05, 4.69) is 27.0 Å². The highest BCUT2D eigenvalue weighted by Gasteiger charge is 2.25. The molecule has 2 amide bonds. The van der Waals surface area contributed by atoms with Crippen molar-refractivity contribution in [3.8, 4) is 0 Å². The van der Waals surface area contributed by atoms with Gasteiger partial charge in [-0.05, 0) is 55.9 Å². The molecule has 1 aromatic carbocycles. The van der Waals surface area contributed by atoms with Gasteiger partial charge in [0.1, 0.15) is 0 Å². The molecule has 1 aliphatic heterocycles. The van der Waals surface area contributed by atoms with Crippen molar-refractivity contribution in [1.29, 1.82) is 0 Å². The number of benzene rings is 1. The molecule has 1 saturated heterocycles. The van der Waals surface area contributed by atoms with Crippen LogP contribution in [0.3, 0.4) is 0 Å². The standard InChI is InChI=1S/C21H25Cl2N3O2S/c22-17-4-1-5-18(23)20(17)25-19(27)9-13-26-11-7-15(8-12-26)21(28)24-10-6-16-3-2-14-29-16/h1-5,14-15H,6-13H2,(H,24,28)(H,25,27). The molecule has 0 radical (unpaired) electrons. The van der Waals surface area contributed by atoms with Gasteiger partial charge >= 0.3 is 0 Å². The number of hydrogen-bond acceptors (Lipinski definition) is 4. The van der Waals surface area contributed by atoms with Gasteiger partial charge in [0.2, 0.25) is 11.8 Å². The molecule has 29 heavy (non-hydrogen) atoms. The summed E-state index contributed by atoms with van der Waals surface area (Å²) in [6.07, 6.45) is 2.89. The lowest BCUT2D eigenvalue weighted by atomic mass is 9.95. The molecule has 0 bridgehead atoms. The molecular formula is C21H25Cl2N3O2S. The van der Waals surface area contributed by atoms with E-state index in [1.54, 1.807) is 29.5 Å². The van der Waals surface area contributed by atoms with Gasteiger partial charge in [0.15, 0.2) is 0 Å². The molecule has 0 atom stereocenters. The zero-order chi connectivity index (χ0) is 20.6. The van der Waals surface area contributed by atoms with Gasteiger partial charge in [0.05, 0.1) is 15.7 Å². The molecule has 3 rings (SSSR count). The molecular weight excluding hydrogens is 429 g/mol. The van der Waals surface area contributed by atoms with E-state index in [1.165, 1.54) is 4.88 Å². The Morgan fingerprint density at radius 3 is 2.48 bits per heavy atom. The molecule has 1 fully saturated rings. The Hall–Kier alpha value is -1.60. The third kappa shape index (κ3) is 6.71. The molecule has 156 valence electrons. The Kier molecular flexibility index (Phi) is 8.36. The van der Waals surface area contributed by atoms with Crippen LogP contribution in [0.4, 0.5) is 5.69 Å². The summed E-state index contributed by atoms with van der Waals surface area (Å²) in [5, 5.41) is 8.75. The minimum Gasteiger partial charge on any atom is -0.355 e. The first kappa shape index (κ1) is 22.1. The van der Waals surface area contributed by atoms with Crippen LogP contribution in [0.2, 0.25) is 10.0 Å². The maximum Gasteiger partial charge on any atom is 0.225 e. The summed E-state index contributed by atoms with van der Waals surface area (Å²) in [7, 11) is 0. The van der Waals surface area contributed by atoms with Crippen LogP contribution in [-0.4, -0.2) is 42.9 Å². The van der Waals surface area contributed by atoms with Crippen molar-refractivity contribution >= 4 is 52.0 Å². The lowest BCUT2D eigenvalue weighted by Crippen LogP contribution is -2.41. The third-order valence-corrected chi connectivity index (χ3v) is 6.66. The second-order valence-electron chi connectivity index (χ2n) is 7.13. The van der Waals surface area contributed by atoms with Gasteiger partial charge in [-0.25, -0.2) is 0 Å². The average molecular weight is 454 g/mol. The van der Waals surface area contributed by atoms with E-state index in [9.17, 15) is 9.59 Å². The molecule has 0 saturated carbocycles. The number of halogens is 2. The first-order valence-electron chi connectivity index (χ1n) is 9.79. The fourth-order valence-corrected chi connectivity index (χ4v) is 4.61. The van der Waals surface area contributed by atoms with Crippen LogP contribution in [0, 0.1) is 5.92 Å². The van der Waals surface area contributed by atoms with Gasteiger partial charge < -0.3 is 15.5 Å². The molecule has 0 spiro atoms. The quantitative estimate of drug-likeness (QED) is 0.620. The average Bonchev–Trinajstić information content (AvgIpc) is 3.23. The van der Waals surface area contributed by atoms with Gasteiger partial charge in [0, 0.05) is 30.3 Å². The van der Waals surface area contributed by atoms with E-state index in [4.69, 9.17) is 23.2 Å². The maximum atomic E-state index is 12.4. The first-order chi connectivity index (χ1) is 14.0. The van der Waals surface area contributed by atoms with Crippen LogP contribution >= 0.6 is 34.5 Å². The van der Waals surface area contributed by atoms with Gasteiger partial charge in [-0.1, -0.05) is 35.3 Å². The zero-order valence-electron chi connectivity index (χ0n) is 16.1. The van der Waals surface area contributed by atoms with Crippen molar-refractivity contribution in [2.24, 2.45) is 5.92 Å². The molecule has 5 nitrogen and oxygen atoms in total. The summed E-state index contributed by atoms with van der Waals surface area (Å²) in [6.45, 7) is 2.98. The topological polar surface area (TPSA) is 61.4 Å². The Labute approximate surface area is 185 Å². The summed E-state index contributed by atoms with van der Waals surface area (Å²) >= 11 is 13.9. The number of likely N-dealkylation sites (tertiary alicyclic amines) is 1. The largest absolute Gasteiger partial charge is 0.355 e. The van der Waals surface area contributed by atoms with Crippen LogP contribution in [0.25, 0.3) is 0 Å². The number of hydrogen-bond donors (Lipinski definition) is 2. The molecule has 2 N–H and O–H groups in total. The fraction of sp³-hybridized carbons (Fsp3) is 0.429. The van der Waals surface area contributed by atoms with Crippen molar-refractivity contribution in [3.05, 3.63) is 50.6 Å². The maximum absolute atomic E-state index is 12.4. The van der Waals surface area contributed by atoms with E-state index in [0.717, 1.165) is 32.4 Å². The molecule has 1 aromatic heterocycles. The Balaban J connectivity index is 1.34. The van der Waals surface area contributed by atoms with Crippen molar-refractivity contribution < 1.29 is 9.59 Å². The highest BCUT2D eigenvalue weighted by Crippen LogP contribution is 2.29. The number of rotatable bonds is 8. The number of carbonyl (C=O) groups excluding carboxylic acids is 2. The van der Waals surface area contributed by atoms with Gasteiger partial charge in [0.25, 0.3) is 0 Å². The molecule has 0 aliphatic carbocycles. The predicted octanol–water partition coefficient (Wildman–Crippen LogP) is 4.45. The number of piperidine rings is 1. The van der Waals surface area contributed by atoms with E-state index in [1.807, 2.05) is 6.07 Å². The third-order valence-electron chi connectivity index (χ3n) is 5.09. The van der Waals surface area contributed by atoms with Crippen molar-refractivity contribution in [3.63, 3.8) is 0 Å². The van der Waals surface area contributed by atoms with Crippen molar-refractivity contribution in [2.75, 3.05) is 31.5 Å². The number of nitrogens with zero attached hydrogens (tertiary/aromatic N) is 1. The lowest BCUT2D eigenvalue weighted by Gasteiger charge is -2.31.